The first-order valence-corrected chi connectivity index (χ1v) is 11.0. The number of nitrogens with zero attached hydrogens (tertiary/aromatic N) is 3. The Balaban J connectivity index is 1.46. The third kappa shape index (κ3) is 2.99. The number of nitriles is 1. The summed E-state index contributed by atoms with van der Waals surface area (Å²) in [5.41, 5.74) is 2.65. The first kappa shape index (κ1) is 20.2. The van der Waals surface area contributed by atoms with Gasteiger partial charge in [0.15, 0.2) is 6.10 Å². The quantitative estimate of drug-likeness (QED) is 0.425. The monoisotopic (exact) mass is 445 g/mol. The Morgan fingerprint density at radius 1 is 0.765 bits per heavy atom. The second kappa shape index (κ2) is 7.84. The van der Waals surface area contributed by atoms with Crippen LogP contribution in [0.15, 0.2) is 97.1 Å². The van der Waals surface area contributed by atoms with Crippen LogP contribution in [0.5, 0.6) is 0 Å². The van der Waals surface area contributed by atoms with Gasteiger partial charge >= 0.3 is 0 Å². The number of hydroxylamine groups is 1. The normalized spacial score (nSPS) is 21.7. The highest BCUT2D eigenvalue weighted by molar-refractivity contribution is 6.26. The van der Waals surface area contributed by atoms with Crippen LogP contribution >= 0.6 is 0 Å². The van der Waals surface area contributed by atoms with Crippen LogP contribution in [0.25, 0.3) is 10.8 Å². The summed E-state index contributed by atoms with van der Waals surface area (Å²) >= 11 is 0. The molecule has 164 valence electrons. The molecular formula is C28H19N3O3. The summed E-state index contributed by atoms with van der Waals surface area (Å²) in [6, 6.07) is 31.4. The minimum atomic E-state index is -0.938. The summed E-state index contributed by atoms with van der Waals surface area (Å²) in [5, 5.41) is 12.7. The summed E-state index contributed by atoms with van der Waals surface area (Å²) < 4.78 is 0. The standard InChI is InChI=1S/C28H19N3O3/c29-17-18-13-15-20(16-14-18)25-24-26(34-31(25)21-9-2-1-3-10-21)28(33)30(27(24)32)23-12-6-8-19-7-4-5-11-22(19)23/h1-16,24-26H/t24-,25+,26-/m0/s1. The zero-order chi connectivity index (χ0) is 23.2. The van der Waals surface area contributed by atoms with Crippen molar-refractivity contribution in [2.75, 3.05) is 9.96 Å². The molecule has 2 aliphatic rings. The Morgan fingerprint density at radius 2 is 1.47 bits per heavy atom. The molecule has 2 aliphatic heterocycles. The number of hydrogen-bond acceptors (Lipinski definition) is 5. The highest BCUT2D eigenvalue weighted by Gasteiger charge is 2.60. The summed E-state index contributed by atoms with van der Waals surface area (Å²) in [6.07, 6.45) is -0.938. The summed E-state index contributed by atoms with van der Waals surface area (Å²) in [5.74, 6) is -1.39. The molecule has 0 N–H and O–H groups in total. The number of amides is 2. The van der Waals surface area contributed by atoms with Crippen molar-refractivity contribution < 1.29 is 14.4 Å². The summed E-state index contributed by atoms with van der Waals surface area (Å²) in [6.45, 7) is 0. The predicted octanol–water partition coefficient (Wildman–Crippen LogP) is 4.76. The molecule has 0 saturated carbocycles. The molecule has 0 bridgehead atoms. The maximum Gasteiger partial charge on any atom is 0.266 e. The zero-order valence-corrected chi connectivity index (χ0v) is 18.0. The molecular weight excluding hydrogens is 426 g/mol. The lowest BCUT2D eigenvalue weighted by Crippen LogP contribution is -2.37. The number of anilines is 2. The van der Waals surface area contributed by atoms with Crippen LogP contribution in [0.2, 0.25) is 0 Å². The van der Waals surface area contributed by atoms with Crippen LogP contribution in [0.1, 0.15) is 17.2 Å². The Kier molecular flexibility index (Phi) is 4.65. The lowest BCUT2D eigenvalue weighted by atomic mass is 9.90. The largest absolute Gasteiger partial charge is 0.273 e. The molecule has 6 nitrogen and oxygen atoms in total. The van der Waals surface area contributed by atoms with Gasteiger partial charge in [-0.3, -0.25) is 14.4 Å². The number of carbonyl (C=O) groups is 2. The third-order valence-corrected chi connectivity index (χ3v) is 6.51. The fourth-order valence-corrected chi connectivity index (χ4v) is 4.95. The highest BCUT2D eigenvalue weighted by Crippen LogP contribution is 2.48. The van der Waals surface area contributed by atoms with Crippen molar-refractivity contribution in [2.24, 2.45) is 5.92 Å². The molecule has 4 aromatic rings. The van der Waals surface area contributed by atoms with Gasteiger partial charge in [0.2, 0.25) is 5.91 Å². The lowest BCUT2D eigenvalue weighted by Gasteiger charge is -2.29. The van der Waals surface area contributed by atoms with E-state index in [2.05, 4.69) is 6.07 Å². The molecule has 0 aromatic heterocycles. The number of fused-ring (bicyclic) bond motifs is 2. The van der Waals surface area contributed by atoms with E-state index in [9.17, 15) is 14.9 Å². The van der Waals surface area contributed by atoms with Crippen LogP contribution in [0.4, 0.5) is 11.4 Å². The Bertz CT molecular complexity index is 1450. The minimum Gasteiger partial charge on any atom is -0.273 e. The van der Waals surface area contributed by atoms with Gasteiger partial charge in [-0.15, -0.1) is 0 Å². The van der Waals surface area contributed by atoms with E-state index in [-0.39, 0.29) is 11.8 Å². The molecule has 2 saturated heterocycles. The van der Waals surface area contributed by atoms with E-state index in [1.54, 1.807) is 23.3 Å². The van der Waals surface area contributed by atoms with E-state index in [4.69, 9.17) is 4.84 Å². The maximum atomic E-state index is 13.9. The van der Waals surface area contributed by atoms with Crippen molar-refractivity contribution in [3.05, 3.63) is 108 Å². The van der Waals surface area contributed by atoms with Crippen LogP contribution in [-0.2, 0) is 14.4 Å². The molecule has 0 unspecified atom stereocenters. The Labute approximate surface area is 196 Å². The molecule has 6 rings (SSSR count). The van der Waals surface area contributed by atoms with Crippen molar-refractivity contribution in [3.63, 3.8) is 0 Å². The van der Waals surface area contributed by atoms with Gasteiger partial charge in [-0.2, -0.15) is 5.26 Å². The second-order valence-corrected chi connectivity index (χ2v) is 8.40. The number of para-hydroxylation sites is 1. The fraction of sp³-hybridized carbons (Fsp3) is 0.107. The molecule has 0 radical (unpaired) electrons. The summed E-state index contributed by atoms with van der Waals surface area (Å²) in [4.78, 5) is 34.9. The van der Waals surface area contributed by atoms with Crippen molar-refractivity contribution in [1.29, 1.82) is 5.26 Å². The van der Waals surface area contributed by atoms with Crippen molar-refractivity contribution in [2.45, 2.75) is 12.1 Å². The van der Waals surface area contributed by atoms with Gasteiger partial charge in [0.1, 0.15) is 5.92 Å². The number of carbonyl (C=O) groups excluding carboxylic acids is 2. The molecule has 2 heterocycles. The number of hydrogen-bond donors (Lipinski definition) is 0. The molecule has 0 spiro atoms. The van der Waals surface area contributed by atoms with Crippen molar-refractivity contribution in [3.8, 4) is 6.07 Å². The van der Waals surface area contributed by atoms with Gasteiger partial charge in [-0.25, -0.2) is 9.96 Å². The van der Waals surface area contributed by atoms with Gasteiger partial charge in [-0.05, 0) is 41.3 Å². The number of rotatable bonds is 3. The predicted molar refractivity (Wildman–Crippen MR) is 128 cm³/mol. The van der Waals surface area contributed by atoms with E-state index in [1.165, 1.54) is 4.90 Å². The SMILES string of the molecule is N#Cc1ccc([C@@H]2[C@@H]3C(=O)N(c4cccc5ccccc45)C(=O)[C@H]3ON2c2ccccc2)cc1. The molecule has 6 heteroatoms. The van der Waals surface area contributed by atoms with Crippen molar-refractivity contribution in [1.82, 2.24) is 0 Å². The van der Waals surface area contributed by atoms with E-state index >= 15 is 0 Å². The van der Waals surface area contributed by atoms with Crippen LogP contribution in [0, 0.1) is 17.2 Å². The average molecular weight is 445 g/mol. The Hall–Kier alpha value is -4.47. The van der Waals surface area contributed by atoms with E-state index in [0.29, 0.717) is 11.3 Å². The molecule has 34 heavy (non-hydrogen) atoms. The van der Waals surface area contributed by atoms with Crippen LogP contribution in [0.3, 0.4) is 0 Å². The third-order valence-electron chi connectivity index (χ3n) is 6.51. The fourth-order valence-electron chi connectivity index (χ4n) is 4.95. The topological polar surface area (TPSA) is 73.6 Å². The van der Waals surface area contributed by atoms with Gasteiger partial charge in [0, 0.05) is 5.39 Å². The first-order valence-electron chi connectivity index (χ1n) is 11.0. The molecule has 3 atom stereocenters. The van der Waals surface area contributed by atoms with Crippen LogP contribution < -0.4 is 9.96 Å². The van der Waals surface area contributed by atoms with Crippen LogP contribution in [-0.4, -0.2) is 17.9 Å². The minimum absolute atomic E-state index is 0.292. The van der Waals surface area contributed by atoms with E-state index in [0.717, 1.165) is 22.0 Å². The smallest absolute Gasteiger partial charge is 0.266 e. The Morgan fingerprint density at radius 3 is 2.24 bits per heavy atom. The zero-order valence-electron chi connectivity index (χ0n) is 18.0. The summed E-state index contributed by atoms with van der Waals surface area (Å²) in [7, 11) is 0. The molecule has 4 aromatic carbocycles. The van der Waals surface area contributed by atoms with Gasteiger partial charge < -0.3 is 0 Å². The van der Waals surface area contributed by atoms with Gasteiger partial charge in [-0.1, -0.05) is 66.7 Å². The van der Waals surface area contributed by atoms with Crippen molar-refractivity contribution >= 4 is 34.0 Å². The van der Waals surface area contributed by atoms with E-state index < -0.39 is 18.1 Å². The van der Waals surface area contributed by atoms with E-state index in [1.807, 2.05) is 78.9 Å². The van der Waals surface area contributed by atoms with Gasteiger partial charge in [0.05, 0.1) is 29.0 Å². The average Bonchev–Trinajstić information content (AvgIpc) is 3.40. The maximum absolute atomic E-state index is 13.9. The second-order valence-electron chi connectivity index (χ2n) is 8.40. The molecule has 0 aliphatic carbocycles. The molecule has 2 fully saturated rings. The first-order chi connectivity index (χ1) is 16.7. The highest BCUT2D eigenvalue weighted by atomic mass is 16.7. The van der Waals surface area contributed by atoms with Gasteiger partial charge in [0.25, 0.3) is 5.91 Å². The molecule has 2 amide bonds. The number of benzene rings is 4. The lowest BCUT2D eigenvalue weighted by molar-refractivity contribution is -0.126. The number of imide groups is 1.